The summed E-state index contributed by atoms with van der Waals surface area (Å²) in [5.41, 5.74) is 0.118. The maximum Gasteiger partial charge on any atom is 0.325 e. The zero-order valence-electron chi connectivity index (χ0n) is 10.4. The van der Waals surface area contributed by atoms with Crippen molar-refractivity contribution in [2.45, 2.75) is 13.3 Å². The number of carbonyl (C=O) groups excluding carboxylic acids is 2. The van der Waals surface area contributed by atoms with E-state index in [1.165, 1.54) is 18.2 Å². The van der Waals surface area contributed by atoms with Crippen molar-refractivity contribution in [2.24, 2.45) is 0 Å². The molecule has 0 spiro atoms. The molecule has 0 radical (unpaired) electrons. The van der Waals surface area contributed by atoms with E-state index in [1.807, 2.05) is 6.92 Å². The van der Waals surface area contributed by atoms with E-state index in [0.717, 1.165) is 12.3 Å². The van der Waals surface area contributed by atoms with Gasteiger partial charge in [0.1, 0.15) is 12.4 Å². The summed E-state index contributed by atoms with van der Waals surface area (Å²) in [5, 5.41) is 0. The third-order valence-corrected chi connectivity index (χ3v) is 2.28. The lowest BCUT2D eigenvalue weighted by Crippen LogP contribution is -2.36. The molecule has 0 aromatic carbocycles. The predicted molar refractivity (Wildman–Crippen MR) is 62.4 cm³/mol. The molecule has 0 aliphatic carbocycles. The van der Waals surface area contributed by atoms with Crippen LogP contribution in [0.3, 0.4) is 0 Å². The number of halogens is 1. The first-order chi connectivity index (χ1) is 8.58. The third-order valence-electron chi connectivity index (χ3n) is 2.28. The Kier molecular flexibility index (Phi) is 5.23. The van der Waals surface area contributed by atoms with Gasteiger partial charge in [0.15, 0.2) is 0 Å². The van der Waals surface area contributed by atoms with Crippen LogP contribution < -0.4 is 0 Å². The highest BCUT2D eigenvalue weighted by Crippen LogP contribution is 2.06. The van der Waals surface area contributed by atoms with Gasteiger partial charge in [-0.1, -0.05) is 6.92 Å². The summed E-state index contributed by atoms with van der Waals surface area (Å²) in [7, 11) is 1.25. The normalized spacial score (nSPS) is 9.94. The summed E-state index contributed by atoms with van der Waals surface area (Å²) in [6, 6.07) is 1.09. The number of rotatable bonds is 5. The quantitative estimate of drug-likeness (QED) is 0.742. The Balaban J connectivity index is 2.85. The second-order valence-electron chi connectivity index (χ2n) is 3.69. The van der Waals surface area contributed by atoms with Crippen LogP contribution in [0.2, 0.25) is 0 Å². The van der Waals surface area contributed by atoms with Gasteiger partial charge in [-0.15, -0.1) is 0 Å². The molecule has 0 saturated heterocycles. The number of amides is 1. The van der Waals surface area contributed by atoms with Gasteiger partial charge in [0.05, 0.1) is 18.9 Å². The van der Waals surface area contributed by atoms with Crippen LogP contribution in [0.15, 0.2) is 18.5 Å². The van der Waals surface area contributed by atoms with Crippen molar-refractivity contribution in [1.29, 1.82) is 0 Å². The minimum absolute atomic E-state index is 0.118. The molecule has 0 bridgehead atoms. The van der Waals surface area contributed by atoms with E-state index in [9.17, 15) is 14.0 Å². The molecule has 0 N–H and O–H groups in total. The molecule has 5 nitrogen and oxygen atoms in total. The Labute approximate surface area is 105 Å². The first-order valence-electron chi connectivity index (χ1n) is 5.55. The molecule has 0 aliphatic heterocycles. The van der Waals surface area contributed by atoms with Crippen LogP contribution in [0.1, 0.15) is 23.7 Å². The Bertz CT molecular complexity index is 437. The Morgan fingerprint density at radius 3 is 2.72 bits per heavy atom. The SMILES string of the molecule is CCCN(CC(=O)OC)C(=O)c1cncc(F)c1. The van der Waals surface area contributed by atoms with Crippen LogP contribution in [0.25, 0.3) is 0 Å². The minimum Gasteiger partial charge on any atom is -0.468 e. The van der Waals surface area contributed by atoms with Crippen molar-refractivity contribution in [3.63, 3.8) is 0 Å². The van der Waals surface area contributed by atoms with Crippen molar-refractivity contribution in [1.82, 2.24) is 9.88 Å². The molecule has 0 atom stereocenters. The van der Waals surface area contributed by atoms with Crippen molar-refractivity contribution in [2.75, 3.05) is 20.2 Å². The van der Waals surface area contributed by atoms with E-state index in [4.69, 9.17) is 0 Å². The molecule has 18 heavy (non-hydrogen) atoms. The van der Waals surface area contributed by atoms with E-state index >= 15 is 0 Å². The molecule has 0 fully saturated rings. The van der Waals surface area contributed by atoms with E-state index in [-0.39, 0.29) is 12.1 Å². The molecule has 0 aliphatic rings. The summed E-state index contributed by atoms with van der Waals surface area (Å²) >= 11 is 0. The molecule has 1 aromatic rings. The van der Waals surface area contributed by atoms with E-state index in [0.29, 0.717) is 13.0 Å². The van der Waals surface area contributed by atoms with Crippen LogP contribution in [-0.2, 0) is 9.53 Å². The fourth-order valence-corrected chi connectivity index (χ4v) is 1.45. The molecular formula is C12H15FN2O3. The fourth-order valence-electron chi connectivity index (χ4n) is 1.45. The first-order valence-corrected chi connectivity index (χ1v) is 5.55. The van der Waals surface area contributed by atoms with Gasteiger partial charge in [-0.05, 0) is 12.5 Å². The van der Waals surface area contributed by atoms with Gasteiger partial charge in [0, 0.05) is 12.7 Å². The average Bonchev–Trinajstić information content (AvgIpc) is 2.37. The van der Waals surface area contributed by atoms with Crippen molar-refractivity contribution in [3.8, 4) is 0 Å². The van der Waals surface area contributed by atoms with Gasteiger partial charge in [-0.25, -0.2) is 4.39 Å². The van der Waals surface area contributed by atoms with Crippen LogP contribution in [0.4, 0.5) is 4.39 Å². The fraction of sp³-hybridized carbons (Fsp3) is 0.417. The van der Waals surface area contributed by atoms with Gasteiger partial charge in [0.25, 0.3) is 5.91 Å². The van der Waals surface area contributed by atoms with Crippen LogP contribution in [0.5, 0.6) is 0 Å². The number of pyridine rings is 1. The lowest BCUT2D eigenvalue weighted by Gasteiger charge is -2.20. The van der Waals surface area contributed by atoms with Crippen molar-refractivity contribution >= 4 is 11.9 Å². The summed E-state index contributed by atoms with van der Waals surface area (Å²) in [5.74, 6) is -1.54. The molecule has 98 valence electrons. The average molecular weight is 254 g/mol. The monoisotopic (exact) mass is 254 g/mol. The van der Waals surface area contributed by atoms with Crippen LogP contribution >= 0.6 is 0 Å². The van der Waals surface area contributed by atoms with Gasteiger partial charge >= 0.3 is 5.97 Å². The third kappa shape index (κ3) is 3.80. The van der Waals surface area contributed by atoms with Gasteiger partial charge in [-0.2, -0.15) is 0 Å². The molecule has 1 rings (SSSR count). The number of hydrogen-bond acceptors (Lipinski definition) is 4. The molecule has 1 amide bonds. The Morgan fingerprint density at radius 1 is 1.44 bits per heavy atom. The second kappa shape index (κ2) is 6.68. The van der Waals surface area contributed by atoms with E-state index in [1.54, 1.807) is 0 Å². The number of carbonyl (C=O) groups is 2. The van der Waals surface area contributed by atoms with Crippen molar-refractivity contribution < 1.29 is 18.7 Å². The summed E-state index contributed by atoms with van der Waals surface area (Å²) in [6.45, 7) is 2.12. The van der Waals surface area contributed by atoms with Crippen LogP contribution in [-0.4, -0.2) is 42.0 Å². The molecule has 0 unspecified atom stereocenters. The highest BCUT2D eigenvalue weighted by molar-refractivity contribution is 5.95. The smallest absolute Gasteiger partial charge is 0.325 e. The topological polar surface area (TPSA) is 59.5 Å². The number of aromatic nitrogens is 1. The number of hydrogen-bond donors (Lipinski definition) is 0. The summed E-state index contributed by atoms with van der Waals surface area (Å²) in [6.07, 6.45) is 2.97. The minimum atomic E-state index is -0.588. The molecular weight excluding hydrogens is 239 g/mol. The first kappa shape index (κ1) is 14.1. The van der Waals surface area contributed by atoms with Gasteiger partial charge in [0.2, 0.25) is 0 Å². The Hall–Kier alpha value is -1.98. The maximum absolute atomic E-state index is 13.0. The lowest BCUT2D eigenvalue weighted by atomic mass is 10.2. The highest BCUT2D eigenvalue weighted by atomic mass is 19.1. The number of methoxy groups -OCH3 is 1. The number of nitrogens with zero attached hydrogens (tertiary/aromatic N) is 2. The molecule has 1 heterocycles. The maximum atomic E-state index is 13.0. The Morgan fingerprint density at radius 2 is 2.17 bits per heavy atom. The molecule has 0 saturated carbocycles. The highest BCUT2D eigenvalue weighted by Gasteiger charge is 2.19. The zero-order chi connectivity index (χ0) is 13.5. The number of ether oxygens (including phenoxy) is 1. The standard InChI is InChI=1S/C12H15FN2O3/c1-3-4-15(8-11(16)18-2)12(17)9-5-10(13)7-14-6-9/h5-7H,3-4,8H2,1-2H3. The largest absolute Gasteiger partial charge is 0.468 e. The summed E-state index contributed by atoms with van der Waals surface area (Å²) in [4.78, 5) is 28.2. The summed E-state index contributed by atoms with van der Waals surface area (Å²) < 4.78 is 17.5. The van der Waals surface area contributed by atoms with Gasteiger partial charge < -0.3 is 9.64 Å². The van der Waals surface area contributed by atoms with E-state index in [2.05, 4.69) is 9.72 Å². The lowest BCUT2D eigenvalue weighted by molar-refractivity contribution is -0.141. The second-order valence-corrected chi connectivity index (χ2v) is 3.69. The van der Waals surface area contributed by atoms with Gasteiger partial charge in [-0.3, -0.25) is 14.6 Å². The van der Waals surface area contributed by atoms with Crippen LogP contribution in [0, 0.1) is 5.82 Å². The number of esters is 1. The zero-order valence-corrected chi connectivity index (χ0v) is 10.4. The van der Waals surface area contributed by atoms with E-state index < -0.39 is 17.7 Å². The predicted octanol–water partition coefficient (Wildman–Crippen LogP) is 1.25. The molecule has 1 aromatic heterocycles. The molecule has 6 heteroatoms. The van der Waals surface area contributed by atoms with Crippen molar-refractivity contribution in [3.05, 3.63) is 29.8 Å².